The number of sulfonamides is 1. The minimum atomic E-state index is -4.94. The molecule has 0 aliphatic rings. The second-order valence-electron chi connectivity index (χ2n) is 4.43. The average molecular weight is 382 g/mol. The Kier molecular flexibility index (Phi) is 4.39. The monoisotopic (exact) mass is 381 g/mol. The van der Waals surface area contributed by atoms with E-state index in [2.05, 4.69) is 0 Å². The molecule has 0 bridgehead atoms. The molecule has 0 atom stereocenters. The number of phenols is 1. The molecule has 0 heterocycles. The number of rotatable bonds is 3. The number of benzene rings is 2. The van der Waals surface area contributed by atoms with Crippen molar-refractivity contribution in [3.05, 3.63) is 41.2 Å². The first-order chi connectivity index (χ1) is 10.4. The Morgan fingerprint density at radius 3 is 2.09 bits per heavy atom. The van der Waals surface area contributed by atoms with Crippen molar-refractivity contribution in [1.82, 2.24) is 0 Å². The number of hydrogen-bond acceptors (Lipinski definition) is 5. The van der Waals surface area contributed by atoms with Gasteiger partial charge in [0, 0.05) is 10.6 Å². The molecule has 0 aliphatic heterocycles. The summed E-state index contributed by atoms with van der Waals surface area (Å²) >= 11 is 5.56. The van der Waals surface area contributed by atoms with Gasteiger partial charge in [0.15, 0.2) is 0 Å². The molecule has 124 valence electrons. The molecule has 23 heavy (non-hydrogen) atoms. The van der Waals surface area contributed by atoms with Gasteiger partial charge in [-0.15, -0.1) is 0 Å². The fourth-order valence-corrected chi connectivity index (χ4v) is 3.77. The summed E-state index contributed by atoms with van der Waals surface area (Å²) in [5, 5.41) is 14.7. The molecule has 11 heteroatoms. The molecule has 0 fully saturated rings. The minimum Gasteiger partial charge on any atom is -0.507 e. The summed E-state index contributed by atoms with van der Waals surface area (Å²) in [5.74, 6) is -2.02. The van der Waals surface area contributed by atoms with Gasteiger partial charge in [-0.2, -0.15) is 8.42 Å². The predicted octanol–water partition coefficient (Wildman–Crippen LogP) is 1.75. The van der Waals surface area contributed by atoms with E-state index in [1.54, 1.807) is 0 Å². The fraction of sp³-hybridized carbons (Fsp3) is 0. The van der Waals surface area contributed by atoms with Crippen molar-refractivity contribution in [2.24, 2.45) is 5.14 Å². The van der Waals surface area contributed by atoms with Gasteiger partial charge >= 0.3 is 0 Å². The number of aromatic hydroxyl groups is 1. The Hall–Kier alpha value is -1.72. The SMILES string of the molecule is NS(=O)(=O)c1cccc(S(=O)(=O)O)c1-c1c(O)cc(Cl)cc1F. The number of phenolic OH excluding ortho intramolecular Hbond substituents is 1. The van der Waals surface area contributed by atoms with Crippen molar-refractivity contribution in [3.8, 4) is 16.9 Å². The molecule has 2 rings (SSSR count). The topological polar surface area (TPSA) is 135 Å². The second kappa shape index (κ2) is 5.73. The summed E-state index contributed by atoms with van der Waals surface area (Å²) in [4.78, 5) is -1.72. The second-order valence-corrected chi connectivity index (χ2v) is 7.79. The summed E-state index contributed by atoms with van der Waals surface area (Å²) in [6.45, 7) is 0. The standard InChI is InChI=1S/C12H9ClFNO6S2/c13-6-4-7(14)11(8(16)5-6)12-9(22(15,17)18)2-1-3-10(12)23(19,20)21/h1-5,16H,(H2,15,17,18)(H,19,20,21). The molecular weight excluding hydrogens is 373 g/mol. The van der Waals surface area contributed by atoms with E-state index in [0.717, 1.165) is 30.3 Å². The Bertz CT molecular complexity index is 931. The average Bonchev–Trinajstić information content (AvgIpc) is 2.35. The Morgan fingerprint density at radius 2 is 1.61 bits per heavy atom. The van der Waals surface area contributed by atoms with E-state index in [9.17, 15) is 30.9 Å². The first-order valence-corrected chi connectivity index (χ1v) is 9.11. The maximum atomic E-state index is 14.2. The largest absolute Gasteiger partial charge is 0.507 e. The van der Waals surface area contributed by atoms with E-state index in [0.29, 0.717) is 0 Å². The molecule has 0 unspecified atom stereocenters. The van der Waals surface area contributed by atoms with E-state index in [1.165, 1.54) is 0 Å². The van der Waals surface area contributed by atoms with Crippen LogP contribution in [-0.4, -0.2) is 26.5 Å². The highest BCUT2D eigenvalue weighted by Gasteiger charge is 2.28. The van der Waals surface area contributed by atoms with Crippen molar-refractivity contribution in [1.29, 1.82) is 0 Å². The van der Waals surface area contributed by atoms with Crippen LogP contribution >= 0.6 is 11.6 Å². The number of hydrogen-bond donors (Lipinski definition) is 3. The van der Waals surface area contributed by atoms with Crippen LogP contribution in [0.2, 0.25) is 5.02 Å². The van der Waals surface area contributed by atoms with Crippen LogP contribution in [0.25, 0.3) is 11.1 Å². The highest BCUT2D eigenvalue weighted by atomic mass is 35.5. The first-order valence-electron chi connectivity index (χ1n) is 5.74. The minimum absolute atomic E-state index is 0.203. The maximum absolute atomic E-state index is 14.2. The molecule has 4 N–H and O–H groups in total. The van der Waals surface area contributed by atoms with Crippen molar-refractivity contribution >= 4 is 31.7 Å². The van der Waals surface area contributed by atoms with Gasteiger partial charge in [-0.25, -0.2) is 17.9 Å². The molecule has 0 aliphatic carbocycles. The van der Waals surface area contributed by atoms with Crippen molar-refractivity contribution in [3.63, 3.8) is 0 Å². The third-order valence-corrected chi connectivity index (χ3v) is 4.92. The van der Waals surface area contributed by atoms with E-state index in [1.807, 2.05) is 0 Å². The molecule has 0 spiro atoms. The van der Waals surface area contributed by atoms with Crippen LogP contribution in [0.5, 0.6) is 5.75 Å². The molecule has 2 aromatic carbocycles. The zero-order chi connectivity index (χ0) is 17.6. The normalized spacial score (nSPS) is 12.3. The summed E-state index contributed by atoms with van der Waals surface area (Å²) in [5.41, 5.74) is -1.56. The highest BCUT2D eigenvalue weighted by Crippen LogP contribution is 2.41. The molecule has 0 saturated carbocycles. The van der Waals surface area contributed by atoms with E-state index < -0.39 is 52.6 Å². The summed E-state index contributed by atoms with van der Waals surface area (Å²) < 4.78 is 69.7. The van der Waals surface area contributed by atoms with Gasteiger partial charge in [0.05, 0.1) is 10.5 Å². The summed E-state index contributed by atoms with van der Waals surface area (Å²) in [6, 6.07) is 4.37. The van der Waals surface area contributed by atoms with Crippen LogP contribution in [0.3, 0.4) is 0 Å². The van der Waals surface area contributed by atoms with Crippen molar-refractivity contribution in [2.45, 2.75) is 9.79 Å². The predicted molar refractivity (Wildman–Crippen MR) is 79.7 cm³/mol. The molecule has 2 aromatic rings. The lowest BCUT2D eigenvalue weighted by atomic mass is 10.0. The van der Waals surface area contributed by atoms with Gasteiger partial charge < -0.3 is 5.11 Å². The third-order valence-electron chi connectivity index (χ3n) is 2.86. The van der Waals surface area contributed by atoms with Gasteiger partial charge in [0.25, 0.3) is 10.1 Å². The smallest absolute Gasteiger partial charge is 0.295 e. The molecule has 0 radical (unpaired) electrons. The molecule has 0 amide bonds. The van der Waals surface area contributed by atoms with Crippen LogP contribution in [0.15, 0.2) is 40.1 Å². The molecule has 0 saturated heterocycles. The maximum Gasteiger partial charge on any atom is 0.295 e. The number of halogens is 2. The van der Waals surface area contributed by atoms with Crippen molar-refractivity contribution in [2.75, 3.05) is 0 Å². The highest BCUT2D eigenvalue weighted by molar-refractivity contribution is 7.89. The number of nitrogens with two attached hydrogens (primary N) is 1. The summed E-state index contributed by atoms with van der Waals surface area (Å²) in [7, 11) is -9.43. The molecular formula is C12H9ClFNO6S2. The van der Waals surface area contributed by atoms with Gasteiger partial charge in [-0.3, -0.25) is 4.55 Å². The van der Waals surface area contributed by atoms with Crippen LogP contribution < -0.4 is 5.14 Å². The van der Waals surface area contributed by atoms with Gasteiger partial charge in [0.1, 0.15) is 16.5 Å². The van der Waals surface area contributed by atoms with Crippen LogP contribution in [-0.2, 0) is 20.1 Å². The Morgan fingerprint density at radius 1 is 1.04 bits per heavy atom. The van der Waals surface area contributed by atoms with Gasteiger partial charge in [0.2, 0.25) is 10.0 Å². The molecule has 0 aromatic heterocycles. The lowest BCUT2D eigenvalue weighted by Gasteiger charge is -2.14. The quantitative estimate of drug-likeness (QED) is 0.693. The zero-order valence-corrected chi connectivity index (χ0v) is 13.5. The van der Waals surface area contributed by atoms with E-state index in [4.69, 9.17) is 16.7 Å². The van der Waals surface area contributed by atoms with E-state index >= 15 is 0 Å². The first kappa shape index (κ1) is 17.6. The zero-order valence-electron chi connectivity index (χ0n) is 11.1. The van der Waals surface area contributed by atoms with Crippen LogP contribution in [0.4, 0.5) is 4.39 Å². The fourth-order valence-electron chi connectivity index (χ4n) is 2.02. The van der Waals surface area contributed by atoms with Crippen molar-refractivity contribution < 1.29 is 30.9 Å². The lowest BCUT2D eigenvalue weighted by Crippen LogP contribution is -2.15. The number of primary sulfonamides is 1. The Balaban J connectivity index is 3.08. The lowest BCUT2D eigenvalue weighted by molar-refractivity contribution is 0.471. The van der Waals surface area contributed by atoms with E-state index in [-0.39, 0.29) is 5.02 Å². The third kappa shape index (κ3) is 3.46. The van der Waals surface area contributed by atoms with Crippen LogP contribution in [0.1, 0.15) is 0 Å². The molecule has 7 nitrogen and oxygen atoms in total. The Labute approximate surface area is 135 Å². The summed E-state index contributed by atoms with van der Waals surface area (Å²) in [6.07, 6.45) is 0. The van der Waals surface area contributed by atoms with Crippen LogP contribution in [0, 0.1) is 5.82 Å². The van der Waals surface area contributed by atoms with Gasteiger partial charge in [-0.1, -0.05) is 17.7 Å². The van der Waals surface area contributed by atoms with Gasteiger partial charge in [-0.05, 0) is 24.3 Å².